The number of amides is 1. The lowest BCUT2D eigenvalue weighted by molar-refractivity contribution is -0.119. The van der Waals surface area contributed by atoms with Crippen LogP contribution in [0.1, 0.15) is 18.1 Å². The van der Waals surface area contributed by atoms with Crippen molar-refractivity contribution in [3.63, 3.8) is 0 Å². The molecule has 0 radical (unpaired) electrons. The first kappa shape index (κ1) is 15.0. The third-order valence-electron chi connectivity index (χ3n) is 3.94. The van der Waals surface area contributed by atoms with Crippen LogP contribution in [0.25, 0.3) is 21.9 Å². The number of aromatic nitrogens is 1. The summed E-state index contributed by atoms with van der Waals surface area (Å²) in [4.78, 5) is 26.1. The Kier molecular flexibility index (Phi) is 3.98. The van der Waals surface area contributed by atoms with Crippen molar-refractivity contribution in [2.24, 2.45) is 0 Å². The summed E-state index contributed by atoms with van der Waals surface area (Å²) in [5.41, 5.74) is 4.04. The van der Waals surface area contributed by atoms with Crippen LogP contribution in [0.5, 0.6) is 0 Å². The van der Waals surface area contributed by atoms with Gasteiger partial charge in [0.05, 0.1) is 0 Å². The van der Waals surface area contributed by atoms with Crippen LogP contribution < -0.4 is 10.9 Å². The molecule has 116 valence electrons. The minimum atomic E-state index is -0.123. The topological polar surface area (TPSA) is 62.0 Å². The molecule has 1 aromatic heterocycles. The summed E-state index contributed by atoms with van der Waals surface area (Å²) in [7, 11) is 0. The SMILES string of the molecule is CC(=O)NCc1ccc2c(-c3ccccc3C)c[nH]c(=O)c2c1. The van der Waals surface area contributed by atoms with Crippen LogP contribution in [0.15, 0.2) is 53.5 Å². The van der Waals surface area contributed by atoms with Gasteiger partial charge in [0, 0.05) is 30.6 Å². The van der Waals surface area contributed by atoms with Crippen LogP contribution in [0.3, 0.4) is 0 Å². The van der Waals surface area contributed by atoms with Crippen molar-refractivity contribution in [1.29, 1.82) is 0 Å². The fourth-order valence-corrected chi connectivity index (χ4v) is 2.74. The van der Waals surface area contributed by atoms with Crippen LogP contribution in [0, 0.1) is 6.92 Å². The monoisotopic (exact) mass is 306 g/mol. The van der Waals surface area contributed by atoms with E-state index in [2.05, 4.69) is 23.3 Å². The molecule has 2 aromatic carbocycles. The standard InChI is InChI=1S/C19H18N2O2/c1-12-5-3-4-6-15(12)18-11-21-19(23)17-9-14(7-8-16(17)18)10-20-13(2)22/h3-9,11H,10H2,1-2H3,(H,20,22)(H,21,23). The lowest BCUT2D eigenvalue weighted by atomic mass is 9.96. The van der Waals surface area contributed by atoms with E-state index in [1.807, 2.05) is 36.4 Å². The van der Waals surface area contributed by atoms with E-state index in [1.54, 1.807) is 6.20 Å². The van der Waals surface area contributed by atoms with Crippen molar-refractivity contribution in [2.75, 3.05) is 0 Å². The van der Waals surface area contributed by atoms with Gasteiger partial charge in [0.25, 0.3) is 5.56 Å². The molecule has 0 aliphatic rings. The molecule has 4 heteroatoms. The Morgan fingerprint density at radius 2 is 1.87 bits per heavy atom. The number of pyridine rings is 1. The molecule has 0 aliphatic heterocycles. The Balaban J connectivity index is 2.15. The highest BCUT2D eigenvalue weighted by atomic mass is 16.1. The van der Waals surface area contributed by atoms with E-state index in [-0.39, 0.29) is 11.5 Å². The van der Waals surface area contributed by atoms with Gasteiger partial charge in [-0.25, -0.2) is 0 Å². The summed E-state index contributed by atoms with van der Waals surface area (Å²) in [6.45, 7) is 3.95. The molecule has 0 saturated carbocycles. The van der Waals surface area contributed by atoms with E-state index in [0.29, 0.717) is 11.9 Å². The second kappa shape index (κ2) is 6.08. The van der Waals surface area contributed by atoms with E-state index in [9.17, 15) is 9.59 Å². The van der Waals surface area contributed by atoms with E-state index < -0.39 is 0 Å². The molecule has 0 spiro atoms. The van der Waals surface area contributed by atoms with E-state index in [1.165, 1.54) is 6.92 Å². The van der Waals surface area contributed by atoms with Gasteiger partial charge in [0.15, 0.2) is 0 Å². The zero-order valence-corrected chi connectivity index (χ0v) is 13.1. The molecule has 4 nitrogen and oxygen atoms in total. The van der Waals surface area contributed by atoms with Crippen LogP contribution in [0.2, 0.25) is 0 Å². The molecule has 0 fully saturated rings. The van der Waals surface area contributed by atoms with Gasteiger partial charge in [-0.2, -0.15) is 0 Å². The van der Waals surface area contributed by atoms with Crippen LogP contribution >= 0.6 is 0 Å². The Bertz CT molecular complexity index is 941. The molecule has 1 amide bonds. The molecule has 3 aromatic rings. The Morgan fingerprint density at radius 3 is 2.61 bits per heavy atom. The number of hydrogen-bond acceptors (Lipinski definition) is 2. The van der Waals surface area contributed by atoms with Crippen molar-refractivity contribution in [2.45, 2.75) is 20.4 Å². The first-order valence-electron chi connectivity index (χ1n) is 7.51. The molecule has 0 saturated heterocycles. The molecular weight excluding hydrogens is 288 g/mol. The number of nitrogens with one attached hydrogen (secondary N) is 2. The third kappa shape index (κ3) is 3.01. The molecule has 0 aliphatic carbocycles. The summed E-state index contributed by atoms with van der Waals surface area (Å²) in [6, 6.07) is 13.8. The highest BCUT2D eigenvalue weighted by Crippen LogP contribution is 2.29. The van der Waals surface area contributed by atoms with Crippen LogP contribution in [0.4, 0.5) is 0 Å². The summed E-state index contributed by atoms with van der Waals surface area (Å²) in [6.07, 6.45) is 1.76. The maximum Gasteiger partial charge on any atom is 0.255 e. The van der Waals surface area contributed by atoms with Gasteiger partial charge in [-0.05, 0) is 35.1 Å². The highest BCUT2D eigenvalue weighted by molar-refractivity contribution is 5.96. The van der Waals surface area contributed by atoms with E-state index >= 15 is 0 Å². The Hall–Kier alpha value is -2.88. The minimum Gasteiger partial charge on any atom is -0.352 e. The normalized spacial score (nSPS) is 10.7. The molecule has 23 heavy (non-hydrogen) atoms. The minimum absolute atomic E-state index is 0.0901. The summed E-state index contributed by atoms with van der Waals surface area (Å²) in [5, 5.41) is 4.29. The smallest absolute Gasteiger partial charge is 0.255 e. The predicted octanol–water partition coefficient (Wildman–Crippen LogP) is 3.14. The van der Waals surface area contributed by atoms with Gasteiger partial charge >= 0.3 is 0 Å². The third-order valence-corrected chi connectivity index (χ3v) is 3.94. The average Bonchev–Trinajstić information content (AvgIpc) is 2.54. The molecule has 1 heterocycles. The number of rotatable bonds is 3. The molecular formula is C19H18N2O2. The van der Waals surface area contributed by atoms with Gasteiger partial charge in [-0.3, -0.25) is 9.59 Å². The number of carbonyl (C=O) groups excluding carboxylic acids is 1. The van der Waals surface area contributed by atoms with E-state index in [0.717, 1.165) is 27.6 Å². The fraction of sp³-hybridized carbons (Fsp3) is 0.158. The Morgan fingerprint density at radius 1 is 1.09 bits per heavy atom. The number of aryl methyl sites for hydroxylation is 1. The predicted molar refractivity (Wildman–Crippen MR) is 92.3 cm³/mol. The first-order chi connectivity index (χ1) is 11.1. The van der Waals surface area contributed by atoms with Gasteiger partial charge in [-0.15, -0.1) is 0 Å². The van der Waals surface area contributed by atoms with Crippen LogP contribution in [-0.2, 0) is 11.3 Å². The maximum atomic E-state index is 12.2. The fourth-order valence-electron chi connectivity index (χ4n) is 2.74. The van der Waals surface area contributed by atoms with Crippen molar-refractivity contribution in [3.05, 3.63) is 70.1 Å². The first-order valence-corrected chi connectivity index (χ1v) is 7.51. The average molecular weight is 306 g/mol. The summed E-state index contributed by atoms with van der Waals surface area (Å²) >= 11 is 0. The van der Waals surface area contributed by atoms with Crippen molar-refractivity contribution in [3.8, 4) is 11.1 Å². The van der Waals surface area contributed by atoms with E-state index in [4.69, 9.17) is 0 Å². The Labute approximate surface area is 134 Å². The van der Waals surface area contributed by atoms with Crippen molar-refractivity contribution >= 4 is 16.7 Å². The second-order valence-electron chi connectivity index (χ2n) is 5.64. The lowest BCUT2D eigenvalue weighted by Gasteiger charge is -2.10. The zero-order valence-electron chi connectivity index (χ0n) is 13.1. The number of H-pyrrole nitrogens is 1. The second-order valence-corrected chi connectivity index (χ2v) is 5.64. The van der Waals surface area contributed by atoms with Gasteiger partial charge in [0.1, 0.15) is 0 Å². The van der Waals surface area contributed by atoms with Crippen molar-refractivity contribution in [1.82, 2.24) is 10.3 Å². The molecule has 0 bridgehead atoms. The summed E-state index contributed by atoms with van der Waals surface area (Å²) < 4.78 is 0. The van der Waals surface area contributed by atoms with Crippen LogP contribution in [-0.4, -0.2) is 10.9 Å². The van der Waals surface area contributed by atoms with Gasteiger partial charge in [0.2, 0.25) is 5.91 Å². The number of hydrogen-bond donors (Lipinski definition) is 2. The molecule has 3 rings (SSSR count). The molecule has 2 N–H and O–H groups in total. The number of aromatic amines is 1. The number of carbonyl (C=O) groups is 1. The van der Waals surface area contributed by atoms with Gasteiger partial charge < -0.3 is 10.3 Å². The number of fused-ring (bicyclic) bond motifs is 1. The van der Waals surface area contributed by atoms with Crippen molar-refractivity contribution < 1.29 is 4.79 Å². The quantitative estimate of drug-likeness (QED) is 0.781. The molecule has 0 unspecified atom stereocenters. The summed E-state index contributed by atoms with van der Waals surface area (Å²) in [5.74, 6) is -0.0901. The molecule has 0 atom stereocenters. The highest BCUT2D eigenvalue weighted by Gasteiger charge is 2.09. The zero-order chi connectivity index (χ0) is 16.4. The lowest BCUT2D eigenvalue weighted by Crippen LogP contribution is -2.19. The van der Waals surface area contributed by atoms with Gasteiger partial charge in [-0.1, -0.05) is 36.4 Å². The maximum absolute atomic E-state index is 12.2. The number of benzene rings is 2. The largest absolute Gasteiger partial charge is 0.352 e.